The van der Waals surface area contributed by atoms with Gasteiger partial charge in [-0.2, -0.15) is 0 Å². The Bertz CT molecular complexity index is 607. The number of pyridine rings is 1. The fourth-order valence-corrected chi connectivity index (χ4v) is 3.25. The van der Waals surface area contributed by atoms with Crippen LogP contribution in [0.5, 0.6) is 5.88 Å². The summed E-state index contributed by atoms with van der Waals surface area (Å²) in [5.41, 5.74) is 0.862. The SMILES string of the molecule is COc1cccc2nnc(CC3CCCN(C(C)C)C3)n12. The van der Waals surface area contributed by atoms with Crippen LogP contribution in [0.2, 0.25) is 0 Å². The number of hydrogen-bond acceptors (Lipinski definition) is 4. The number of fused-ring (bicyclic) bond motifs is 1. The molecule has 1 unspecified atom stereocenters. The molecule has 0 aromatic carbocycles. The van der Waals surface area contributed by atoms with Gasteiger partial charge < -0.3 is 9.64 Å². The first-order valence-electron chi connectivity index (χ1n) is 7.80. The van der Waals surface area contributed by atoms with Gasteiger partial charge in [-0.05, 0) is 51.3 Å². The van der Waals surface area contributed by atoms with Gasteiger partial charge in [-0.3, -0.25) is 0 Å². The van der Waals surface area contributed by atoms with E-state index in [1.807, 2.05) is 22.6 Å². The predicted molar refractivity (Wildman–Crippen MR) is 82.7 cm³/mol. The lowest BCUT2D eigenvalue weighted by molar-refractivity contribution is 0.138. The van der Waals surface area contributed by atoms with Gasteiger partial charge in [0.25, 0.3) is 0 Å². The van der Waals surface area contributed by atoms with Crippen LogP contribution in [0.3, 0.4) is 0 Å². The van der Waals surface area contributed by atoms with Gasteiger partial charge in [-0.1, -0.05) is 6.07 Å². The first kappa shape index (κ1) is 14.3. The molecule has 0 spiro atoms. The van der Waals surface area contributed by atoms with Crippen LogP contribution in [0, 0.1) is 5.92 Å². The number of ether oxygens (including phenoxy) is 1. The minimum absolute atomic E-state index is 0.623. The van der Waals surface area contributed by atoms with Gasteiger partial charge in [-0.25, -0.2) is 4.40 Å². The molecule has 0 amide bonds. The first-order chi connectivity index (χ1) is 10.2. The van der Waals surface area contributed by atoms with E-state index >= 15 is 0 Å². The Labute approximate surface area is 125 Å². The van der Waals surface area contributed by atoms with Crippen LogP contribution in [0.4, 0.5) is 0 Å². The summed E-state index contributed by atoms with van der Waals surface area (Å²) < 4.78 is 7.48. The fraction of sp³-hybridized carbons (Fsp3) is 0.625. The summed E-state index contributed by atoms with van der Waals surface area (Å²) >= 11 is 0. The van der Waals surface area contributed by atoms with E-state index in [1.54, 1.807) is 7.11 Å². The Balaban J connectivity index is 1.82. The van der Waals surface area contributed by atoms with E-state index in [0.717, 1.165) is 30.3 Å². The van der Waals surface area contributed by atoms with Gasteiger partial charge in [-0.15, -0.1) is 10.2 Å². The zero-order valence-corrected chi connectivity index (χ0v) is 13.1. The van der Waals surface area contributed by atoms with E-state index in [0.29, 0.717) is 12.0 Å². The molecule has 0 radical (unpaired) electrons. The van der Waals surface area contributed by atoms with E-state index in [-0.39, 0.29) is 0 Å². The minimum atomic E-state index is 0.623. The van der Waals surface area contributed by atoms with Crippen LogP contribution < -0.4 is 4.74 Å². The second kappa shape index (κ2) is 6.02. The lowest BCUT2D eigenvalue weighted by atomic mass is 9.93. The summed E-state index contributed by atoms with van der Waals surface area (Å²) in [6.07, 6.45) is 3.51. The van der Waals surface area contributed by atoms with Gasteiger partial charge in [0.05, 0.1) is 7.11 Å². The number of hydrogen-bond donors (Lipinski definition) is 0. The largest absolute Gasteiger partial charge is 0.482 e. The van der Waals surface area contributed by atoms with Crippen molar-refractivity contribution >= 4 is 5.65 Å². The Hall–Kier alpha value is -1.62. The lowest BCUT2D eigenvalue weighted by Gasteiger charge is -2.35. The summed E-state index contributed by atoms with van der Waals surface area (Å²) in [4.78, 5) is 2.56. The van der Waals surface area contributed by atoms with E-state index in [4.69, 9.17) is 4.74 Å². The van der Waals surface area contributed by atoms with Crippen molar-refractivity contribution in [2.24, 2.45) is 5.92 Å². The molecule has 1 aliphatic rings. The average Bonchev–Trinajstić information content (AvgIpc) is 2.91. The quantitative estimate of drug-likeness (QED) is 0.866. The highest BCUT2D eigenvalue weighted by molar-refractivity contribution is 5.42. The monoisotopic (exact) mass is 288 g/mol. The summed E-state index contributed by atoms with van der Waals surface area (Å²) in [6.45, 7) is 6.93. The zero-order chi connectivity index (χ0) is 14.8. The number of nitrogens with zero attached hydrogens (tertiary/aromatic N) is 4. The summed E-state index contributed by atoms with van der Waals surface area (Å²) in [5.74, 6) is 2.47. The summed E-state index contributed by atoms with van der Waals surface area (Å²) in [7, 11) is 1.69. The van der Waals surface area contributed by atoms with Crippen LogP contribution >= 0.6 is 0 Å². The second-order valence-electron chi connectivity index (χ2n) is 6.18. The van der Waals surface area contributed by atoms with Crippen LogP contribution in [0.25, 0.3) is 5.65 Å². The minimum Gasteiger partial charge on any atom is -0.482 e. The summed E-state index contributed by atoms with van der Waals surface area (Å²) in [6, 6.07) is 6.51. The average molecular weight is 288 g/mol. The molecule has 1 saturated heterocycles. The molecular weight excluding hydrogens is 264 g/mol. The molecule has 114 valence electrons. The van der Waals surface area contributed by atoms with Crippen molar-refractivity contribution < 1.29 is 4.74 Å². The smallest absolute Gasteiger partial charge is 0.200 e. The number of piperidine rings is 1. The Morgan fingerprint density at radius 2 is 2.19 bits per heavy atom. The molecule has 1 fully saturated rings. The third-order valence-electron chi connectivity index (χ3n) is 4.42. The molecule has 2 aromatic rings. The lowest BCUT2D eigenvalue weighted by Crippen LogP contribution is -2.40. The zero-order valence-electron chi connectivity index (χ0n) is 13.1. The van der Waals surface area contributed by atoms with Crippen molar-refractivity contribution in [3.8, 4) is 5.88 Å². The molecule has 2 aromatic heterocycles. The second-order valence-corrected chi connectivity index (χ2v) is 6.18. The van der Waals surface area contributed by atoms with E-state index in [2.05, 4.69) is 28.9 Å². The van der Waals surface area contributed by atoms with Gasteiger partial charge in [0.15, 0.2) is 5.65 Å². The Kier molecular flexibility index (Phi) is 4.10. The molecule has 5 heteroatoms. The van der Waals surface area contributed by atoms with Gasteiger partial charge in [0.2, 0.25) is 5.88 Å². The number of aromatic nitrogens is 3. The van der Waals surface area contributed by atoms with Crippen LogP contribution in [-0.4, -0.2) is 45.7 Å². The number of likely N-dealkylation sites (tertiary alicyclic amines) is 1. The highest BCUT2D eigenvalue weighted by atomic mass is 16.5. The molecule has 0 aliphatic carbocycles. The normalized spacial score (nSPS) is 20.3. The van der Waals surface area contributed by atoms with Gasteiger partial charge in [0.1, 0.15) is 5.82 Å². The van der Waals surface area contributed by atoms with Crippen LogP contribution in [0.15, 0.2) is 18.2 Å². The number of rotatable bonds is 4. The molecule has 3 rings (SSSR count). The van der Waals surface area contributed by atoms with Crippen LogP contribution in [-0.2, 0) is 6.42 Å². The molecule has 21 heavy (non-hydrogen) atoms. The third kappa shape index (κ3) is 2.88. The van der Waals surface area contributed by atoms with E-state index in [1.165, 1.54) is 19.4 Å². The number of methoxy groups -OCH3 is 1. The van der Waals surface area contributed by atoms with Gasteiger partial charge >= 0.3 is 0 Å². The van der Waals surface area contributed by atoms with Crippen LogP contribution in [0.1, 0.15) is 32.5 Å². The molecular formula is C16H24N4O. The first-order valence-corrected chi connectivity index (χ1v) is 7.80. The standard InChI is InChI=1S/C16H24N4O/c1-12(2)19-9-5-6-13(11-19)10-15-18-17-14-7-4-8-16(21-3)20(14)15/h4,7-8,12-13H,5-6,9-11H2,1-3H3. The molecule has 5 nitrogen and oxygen atoms in total. The van der Waals surface area contributed by atoms with Crippen molar-refractivity contribution in [2.45, 2.75) is 39.2 Å². The molecule has 0 saturated carbocycles. The molecule has 1 aliphatic heterocycles. The Morgan fingerprint density at radius 3 is 2.95 bits per heavy atom. The maximum absolute atomic E-state index is 5.45. The molecule has 0 bridgehead atoms. The maximum Gasteiger partial charge on any atom is 0.200 e. The van der Waals surface area contributed by atoms with Crippen molar-refractivity contribution in [1.29, 1.82) is 0 Å². The molecule has 0 N–H and O–H groups in total. The highest BCUT2D eigenvalue weighted by Crippen LogP contribution is 2.23. The Morgan fingerprint density at radius 1 is 1.33 bits per heavy atom. The van der Waals surface area contributed by atoms with Crippen molar-refractivity contribution in [2.75, 3.05) is 20.2 Å². The van der Waals surface area contributed by atoms with Crippen molar-refractivity contribution in [1.82, 2.24) is 19.5 Å². The highest BCUT2D eigenvalue weighted by Gasteiger charge is 2.23. The fourth-order valence-electron chi connectivity index (χ4n) is 3.25. The maximum atomic E-state index is 5.45. The van der Waals surface area contributed by atoms with Crippen molar-refractivity contribution in [3.05, 3.63) is 24.0 Å². The van der Waals surface area contributed by atoms with E-state index in [9.17, 15) is 0 Å². The topological polar surface area (TPSA) is 42.7 Å². The molecule has 1 atom stereocenters. The summed E-state index contributed by atoms with van der Waals surface area (Å²) in [5, 5.41) is 8.65. The van der Waals surface area contributed by atoms with E-state index < -0.39 is 0 Å². The van der Waals surface area contributed by atoms with Crippen molar-refractivity contribution in [3.63, 3.8) is 0 Å². The molecule has 3 heterocycles. The predicted octanol–water partition coefficient (Wildman–Crippen LogP) is 2.40. The third-order valence-corrected chi connectivity index (χ3v) is 4.42. The van der Waals surface area contributed by atoms with Gasteiger partial charge in [0, 0.05) is 19.0 Å².